The first-order valence-electron chi connectivity index (χ1n) is 9.20. The predicted molar refractivity (Wildman–Crippen MR) is 91.2 cm³/mol. The first-order chi connectivity index (χ1) is 12.9. The quantitative estimate of drug-likeness (QED) is 0.863. The first kappa shape index (κ1) is 18.3. The first-order valence-corrected chi connectivity index (χ1v) is 9.20. The van der Waals surface area contributed by atoms with Gasteiger partial charge < -0.3 is 14.7 Å². The molecular weight excluding hydrogens is 358 g/mol. The van der Waals surface area contributed by atoms with E-state index in [2.05, 4.69) is 4.90 Å². The van der Waals surface area contributed by atoms with Gasteiger partial charge in [-0.2, -0.15) is 0 Å². The van der Waals surface area contributed by atoms with E-state index in [1.54, 1.807) is 0 Å². The normalized spacial score (nSPS) is 29.1. The number of halogens is 2. The number of fused-ring (bicyclic) bond motifs is 1. The Hall–Kier alpha value is -2.06. The highest BCUT2D eigenvalue weighted by Gasteiger charge is 2.59. The molecule has 146 valence electrons. The molecule has 0 unspecified atom stereocenters. The van der Waals surface area contributed by atoms with Crippen molar-refractivity contribution in [3.63, 3.8) is 0 Å². The summed E-state index contributed by atoms with van der Waals surface area (Å²) in [6, 6.07) is 3.12. The van der Waals surface area contributed by atoms with E-state index in [1.807, 2.05) is 0 Å². The van der Waals surface area contributed by atoms with Crippen molar-refractivity contribution in [2.75, 3.05) is 39.4 Å². The van der Waals surface area contributed by atoms with Gasteiger partial charge in [0.25, 0.3) is 5.91 Å². The van der Waals surface area contributed by atoms with Crippen molar-refractivity contribution in [1.29, 1.82) is 0 Å². The fraction of sp³-hybridized carbons (Fsp3) is 0.579. The number of ether oxygens (including phenoxy) is 1. The van der Waals surface area contributed by atoms with Crippen molar-refractivity contribution in [3.8, 4) is 0 Å². The summed E-state index contributed by atoms with van der Waals surface area (Å²) in [6.45, 7) is 2.66. The Bertz CT molecular complexity index is 768. The van der Waals surface area contributed by atoms with Gasteiger partial charge >= 0.3 is 5.97 Å². The lowest BCUT2D eigenvalue weighted by Gasteiger charge is -2.33. The van der Waals surface area contributed by atoms with E-state index in [0.717, 1.165) is 25.0 Å². The lowest BCUT2D eigenvalue weighted by molar-refractivity contribution is -0.148. The van der Waals surface area contributed by atoms with Gasteiger partial charge in [-0.1, -0.05) is 0 Å². The molecule has 0 aromatic heterocycles. The van der Waals surface area contributed by atoms with Crippen LogP contribution in [0.5, 0.6) is 0 Å². The standard InChI is InChI=1S/C19H22F2N2O4/c20-13-1-2-15(16(21)7-13)17(24)23-9-12-8-22(14-3-5-27-6-4-14)10-19(12,11-23)18(25)26/h1-2,7,12,14H,3-6,8-11H2,(H,25,26)/t12-,19-/m1/s1. The highest BCUT2D eigenvalue weighted by Crippen LogP contribution is 2.44. The Morgan fingerprint density at radius 3 is 2.52 bits per heavy atom. The molecule has 0 spiro atoms. The van der Waals surface area contributed by atoms with Crippen LogP contribution in [0.1, 0.15) is 23.2 Å². The minimum Gasteiger partial charge on any atom is -0.481 e. The number of carboxylic acid groups (broad SMARTS) is 1. The van der Waals surface area contributed by atoms with Crippen LogP contribution < -0.4 is 0 Å². The van der Waals surface area contributed by atoms with E-state index < -0.39 is 28.9 Å². The lowest BCUT2D eigenvalue weighted by Crippen LogP contribution is -2.45. The number of hydrogen-bond donors (Lipinski definition) is 1. The molecule has 1 amide bonds. The second-order valence-electron chi connectivity index (χ2n) is 7.74. The minimum atomic E-state index is -1.04. The maximum atomic E-state index is 14.0. The maximum Gasteiger partial charge on any atom is 0.313 e. The lowest BCUT2D eigenvalue weighted by atomic mass is 9.81. The van der Waals surface area contributed by atoms with E-state index in [1.165, 1.54) is 4.90 Å². The predicted octanol–water partition coefficient (Wildman–Crippen LogP) is 1.60. The Balaban J connectivity index is 1.53. The van der Waals surface area contributed by atoms with Crippen LogP contribution in [0.4, 0.5) is 8.78 Å². The Morgan fingerprint density at radius 2 is 1.89 bits per heavy atom. The summed E-state index contributed by atoms with van der Waals surface area (Å²) in [6.07, 6.45) is 1.76. The van der Waals surface area contributed by atoms with E-state index in [0.29, 0.717) is 38.4 Å². The third-order valence-electron chi connectivity index (χ3n) is 6.22. The van der Waals surface area contributed by atoms with Crippen LogP contribution in [0, 0.1) is 23.0 Å². The van der Waals surface area contributed by atoms with Crippen LogP contribution in [-0.2, 0) is 9.53 Å². The molecule has 3 heterocycles. The summed E-state index contributed by atoms with van der Waals surface area (Å²) in [4.78, 5) is 28.4. The zero-order valence-corrected chi connectivity index (χ0v) is 14.9. The number of nitrogens with zero attached hydrogens (tertiary/aromatic N) is 2. The van der Waals surface area contributed by atoms with Crippen LogP contribution in [0.2, 0.25) is 0 Å². The molecule has 4 rings (SSSR count). The molecular formula is C19H22F2N2O4. The van der Waals surface area contributed by atoms with Crippen LogP contribution in [0.15, 0.2) is 18.2 Å². The monoisotopic (exact) mass is 380 g/mol. The average Bonchev–Trinajstić information content (AvgIpc) is 3.18. The topological polar surface area (TPSA) is 70.1 Å². The number of carbonyl (C=O) groups excluding carboxylic acids is 1. The van der Waals surface area contributed by atoms with Gasteiger partial charge in [0.05, 0.1) is 5.56 Å². The summed E-state index contributed by atoms with van der Waals surface area (Å²) in [7, 11) is 0. The zero-order chi connectivity index (χ0) is 19.2. The largest absolute Gasteiger partial charge is 0.481 e. The molecule has 1 N–H and O–H groups in total. The number of hydrogen-bond acceptors (Lipinski definition) is 4. The molecule has 0 aliphatic carbocycles. The molecule has 8 heteroatoms. The number of carboxylic acids is 1. The fourth-order valence-corrected chi connectivity index (χ4v) is 4.72. The highest BCUT2D eigenvalue weighted by molar-refractivity contribution is 5.95. The minimum absolute atomic E-state index is 0.0440. The third kappa shape index (κ3) is 3.10. The summed E-state index contributed by atoms with van der Waals surface area (Å²) in [5.74, 6) is -3.39. The molecule has 0 saturated carbocycles. The molecule has 1 aromatic carbocycles. The summed E-state index contributed by atoms with van der Waals surface area (Å²) in [5.41, 5.74) is -1.26. The summed E-state index contributed by atoms with van der Waals surface area (Å²) < 4.78 is 32.5. The fourth-order valence-electron chi connectivity index (χ4n) is 4.72. The van der Waals surface area contributed by atoms with Gasteiger partial charge in [0, 0.05) is 57.4 Å². The van der Waals surface area contributed by atoms with Crippen molar-refractivity contribution in [1.82, 2.24) is 9.80 Å². The maximum absolute atomic E-state index is 14.0. The van der Waals surface area contributed by atoms with Gasteiger partial charge in [-0.05, 0) is 25.0 Å². The Labute approximate surface area is 155 Å². The molecule has 2 atom stereocenters. The molecule has 1 aromatic rings. The summed E-state index contributed by atoms with van der Waals surface area (Å²) in [5, 5.41) is 9.94. The second kappa shape index (κ2) is 6.83. The van der Waals surface area contributed by atoms with Crippen molar-refractivity contribution >= 4 is 11.9 Å². The van der Waals surface area contributed by atoms with E-state index in [-0.39, 0.29) is 24.6 Å². The van der Waals surface area contributed by atoms with Gasteiger partial charge in [0.1, 0.15) is 17.0 Å². The SMILES string of the molecule is O=C(c1ccc(F)cc1F)N1C[C@H]2CN(C3CCOCC3)C[C@@]2(C(=O)O)C1. The molecule has 3 saturated heterocycles. The van der Waals surface area contributed by atoms with Crippen LogP contribution in [0.25, 0.3) is 0 Å². The number of rotatable bonds is 3. The molecule has 3 aliphatic heterocycles. The number of likely N-dealkylation sites (tertiary alicyclic amines) is 2. The highest BCUT2D eigenvalue weighted by atomic mass is 19.1. The number of carbonyl (C=O) groups is 2. The van der Waals surface area contributed by atoms with Crippen LogP contribution >= 0.6 is 0 Å². The molecule has 0 bridgehead atoms. The van der Waals surface area contributed by atoms with Gasteiger partial charge in [-0.3, -0.25) is 14.5 Å². The van der Waals surface area contributed by atoms with Crippen molar-refractivity contribution in [3.05, 3.63) is 35.4 Å². The van der Waals surface area contributed by atoms with Crippen LogP contribution in [0.3, 0.4) is 0 Å². The third-order valence-corrected chi connectivity index (χ3v) is 6.22. The number of amides is 1. The van der Waals surface area contributed by atoms with Crippen LogP contribution in [-0.4, -0.2) is 72.2 Å². The second-order valence-corrected chi connectivity index (χ2v) is 7.74. The van der Waals surface area contributed by atoms with E-state index in [4.69, 9.17) is 4.74 Å². The van der Waals surface area contributed by atoms with Gasteiger partial charge in [-0.25, -0.2) is 8.78 Å². The molecule has 6 nitrogen and oxygen atoms in total. The zero-order valence-electron chi connectivity index (χ0n) is 14.9. The van der Waals surface area contributed by atoms with Crippen molar-refractivity contribution in [2.24, 2.45) is 11.3 Å². The van der Waals surface area contributed by atoms with Gasteiger partial charge in [0.2, 0.25) is 0 Å². The van der Waals surface area contributed by atoms with Gasteiger partial charge in [-0.15, -0.1) is 0 Å². The van der Waals surface area contributed by atoms with Crippen molar-refractivity contribution in [2.45, 2.75) is 18.9 Å². The Morgan fingerprint density at radius 1 is 1.15 bits per heavy atom. The van der Waals surface area contributed by atoms with Crippen molar-refractivity contribution < 1.29 is 28.2 Å². The van der Waals surface area contributed by atoms with E-state index in [9.17, 15) is 23.5 Å². The molecule has 3 fully saturated rings. The summed E-state index contributed by atoms with van der Waals surface area (Å²) >= 11 is 0. The average molecular weight is 380 g/mol. The smallest absolute Gasteiger partial charge is 0.313 e. The number of benzene rings is 1. The number of aliphatic carboxylic acids is 1. The molecule has 27 heavy (non-hydrogen) atoms. The Kier molecular flexibility index (Phi) is 4.63. The molecule has 0 radical (unpaired) electrons. The molecule has 3 aliphatic rings. The van der Waals surface area contributed by atoms with E-state index >= 15 is 0 Å². The van der Waals surface area contributed by atoms with Gasteiger partial charge in [0.15, 0.2) is 0 Å².